The minimum Gasteiger partial charge on any atom is -0.265 e. The van der Waals surface area contributed by atoms with Crippen molar-refractivity contribution in [3.63, 3.8) is 0 Å². The molecule has 0 spiro atoms. The quantitative estimate of drug-likeness (QED) is 0.592. The predicted molar refractivity (Wildman–Crippen MR) is 82.5 cm³/mol. The van der Waals surface area contributed by atoms with Gasteiger partial charge in [-0.25, -0.2) is 0 Å². The molecule has 3 aromatic rings. The molecule has 0 unspecified atom stereocenters. The molecule has 4 heteroatoms. The first-order valence-corrected chi connectivity index (χ1v) is 6.58. The molecule has 0 atom stereocenters. The van der Waals surface area contributed by atoms with E-state index in [1.165, 1.54) is 0 Å². The zero-order chi connectivity index (χ0) is 15.0. The van der Waals surface area contributed by atoms with E-state index < -0.39 is 0 Å². The Bertz CT molecular complexity index is 788. The third-order valence-corrected chi connectivity index (χ3v) is 2.69. The second-order valence-corrected chi connectivity index (χ2v) is 4.28. The summed E-state index contributed by atoms with van der Waals surface area (Å²) in [7, 11) is 0. The van der Waals surface area contributed by atoms with Crippen LogP contribution in [-0.4, -0.2) is 20.2 Å². The average molecular weight is 282 g/mol. The number of hydrogen-bond acceptors (Lipinski definition) is 4. The summed E-state index contributed by atoms with van der Waals surface area (Å²) in [6, 6.07) is 11.0. The zero-order valence-corrected chi connectivity index (χ0v) is 11.6. The van der Waals surface area contributed by atoms with Crippen LogP contribution in [0.25, 0.3) is 0 Å². The van der Waals surface area contributed by atoms with Crippen molar-refractivity contribution in [1.29, 1.82) is 0 Å². The topological polar surface area (TPSA) is 51.6 Å². The maximum atomic E-state index is 4.05. The lowest BCUT2D eigenvalue weighted by Crippen LogP contribution is -1.90. The Morgan fingerprint density at radius 2 is 0.909 bits per heavy atom. The summed E-state index contributed by atoms with van der Waals surface area (Å²) in [6.07, 6.45) is 6.81. The van der Waals surface area contributed by atoms with Crippen LogP contribution >= 0.6 is 0 Å². The summed E-state index contributed by atoms with van der Waals surface area (Å²) in [4.78, 5) is 7.89. The standard InChI is InChI=1S/C18H10N4/c1(15-7-11-19-12-8-15)3-17-5-6-18(22-21-17)4-2-16-9-13-20-14-10-16/h5-14H. The van der Waals surface area contributed by atoms with Gasteiger partial charge < -0.3 is 0 Å². The molecule has 3 rings (SSSR count). The molecule has 0 aromatic carbocycles. The fraction of sp³-hybridized carbons (Fsp3) is 0. The highest BCUT2D eigenvalue weighted by Crippen LogP contribution is 1.98. The van der Waals surface area contributed by atoms with E-state index >= 15 is 0 Å². The van der Waals surface area contributed by atoms with Crippen LogP contribution in [0.4, 0.5) is 0 Å². The Morgan fingerprint density at radius 3 is 1.27 bits per heavy atom. The van der Waals surface area contributed by atoms with Crippen molar-refractivity contribution >= 4 is 0 Å². The Morgan fingerprint density at radius 1 is 0.500 bits per heavy atom. The van der Waals surface area contributed by atoms with E-state index in [0.717, 1.165) is 11.1 Å². The highest BCUT2D eigenvalue weighted by atomic mass is 15.1. The summed E-state index contributed by atoms with van der Waals surface area (Å²) in [5.41, 5.74) is 2.98. The molecule has 3 aromatic heterocycles. The van der Waals surface area contributed by atoms with Gasteiger partial charge in [-0.15, -0.1) is 10.2 Å². The molecular weight excluding hydrogens is 272 g/mol. The SMILES string of the molecule is C(#Cc1ccc(C#Cc2ccncc2)nn1)c1ccncc1. The monoisotopic (exact) mass is 282 g/mol. The van der Waals surface area contributed by atoms with Crippen LogP contribution < -0.4 is 0 Å². The summed E-state index contributed by atoms with van der Waals surface area (Å²) in [5, 5.41) is 8.10. The fourth-order valence-corrected chi connectivity index (χ4v) is 1.61. The predicted octanol–water partition coefficient (Wildman–Crippen LogP) is 2.07. The Labute approximate surface area is 128 Å². The Hall–Kier alpha value is -3.50. The highest BCUT2D eigenvalue weighted by molar-refractivity contribution is 5.41. The van der Waals surface area contributed by atoms with Crippen molar-refractivity contribution in [3.05, 3.63) is 83.7 Å². The maximum Gasteiger partial charge on any atom is 0.136 e. The lowest BCUT2D eigenvalue weighted by Gasteiger charge is -1.90. The molecule has 0 amide bonds. The minimum atomic E-state index is 0.603. The van der Waals surface area contributed by atoms with Crippen molar-refractivity contribution in [3.8, 4) is 23.7 Å². The molecule has 0 saturated heterocycles. The third kappa shape index (κ3) is 3.75. The molecule has 0 radical (unpaired) electrons. The normalized spacial score (nSPS) is 9.09. The Balaban J connectivity index is 1.74. The van der Waals surface area contributed by atoms with E-state index in [9.17, 15) is 0 Å². The number of rotatable bonds is 0. The summed E-state index contributed by atoms with van der Waals surface area (Å²) in [5.74, 6) is 11.9. The molecule has 102 valence electrons. The number of hydrogen-bond donors (Lipinski definition) is 0. The molecule has 0 saturated carbocycles. The van der Waals surface area contributed by atoms with Gasteiger partial charge in [-0.3, -0.25) is 9.97 Å². The first-order valence-electron chi connectivity index (χ1n) is 6.58. The van der Waals surface area contributed by atoms with Crippen LogP contribution in [-0.2, 0) is 0 Å². The van der Waals surface area contributed by atoms with Gasteiger partial charge in [0.2, 0.25) is 0 Å². The molecule has 4 nitrogen and oxygen atoms in total. The zero-order valence-electron chi connectivity index (χ0n) is 11.6. The van der Waals surface area contributed by atoms with Gasteiger partial charge in [0, 0.05) is 35.9 Å². The summed E-state index contributed by atoms with van der Waals surface area (Å²) in [6.45, 7) is 0. The fourth-order valence-electron chi connectivity index (χ4n) is 1.61. The molecule has 0 bridgehead atoms. The number of nitrogens with zero attached hydrogens (tertiary/aromatic N) is 4. The second kappa shape index (κ2) is 6.78. The van der Waals surface area contributed by atoms with Gasteiger partial charge in [-0.05, 0) is 48.2 Å². The lowest BCUT2D eigenvalue weighted by atomic mass is 10.2. The minimum absolute atomic E-state index is 0.603. The van der Waals surface area contributed by atoms with Crippen LogP contribution in [0.1, 0.15) is 22.5 Å². The third-order valence-electron chi connectivity index (χ3n) is 2.69. The second-order valence-electron chi connectivity index (χ2n) is 4.28. The smallest absolute Gasteiger partial charge is 0.136 e. The summed E-state index contributed by atoms with van der Waals surface area (Å²) >= 11 is 0. The molecular formula is C18H10N4. The van der Waals surface area contributed by atoms with Crippen molar-refractivity contribution < 1.29 is 0 Å². The van der Waals surface area contributed by atoms with Crippen LogP contribution in [0.15, 0.2) is 61.2 Å². The number of aromatic nitrogens is 4. The number of pyridine rings is 2. The van der Waals surface area contributed by atoms with Crippen LogP contribution in [0.3, 0.4) is 0 Å². The maximum absolute atomic E-state index is 4.05. The Kier molecular flexibility index (Phi) is 4.16. The first-order chi connectivity index (χ1) is 10.9. The van der Waals surface area contributed by atoms with E-state index in [4.69, 9.17) is 0 Å². The molecule has 0 aliphatic rings. The van der Waals surface area contributed by atoms with E-state index in [1.807, 2.05) is 24.3 Å². The van der Waals surface area contributed by atoms with Crippen molar-refractivity contribution in [2.45, 2.75) is 0 Å². The van der Waals surface area contributed by atoms with Gasteiger partial charge >= 0.3 is 0 Å². The van der Waals surface area contributed by atoms with Gasteiger partial charge in [0.05, 0.1) is 0 Å². The molecule has 0 fully saturated rings. The van der Waals surface area contributed by atoms with E-state index in [0.29, 0.717) is 11.4 Å². The molecule has 3 heterocycles. The van der Waals surface area contributed by atoms with E-state index in [2.05, 4.69) is 43.8 Å². The summed E-state index contributed by atoms with van der Waals surface area (Å²) < 4.78 is 0. The molecule has 22 heavy (non-hydrogen) atoms. The van der Waals surface area contributed by atoms with Gasteiger partial charge in [-0.2, -0.15) is 0 Å². The molecule has 0 aliphatic carbocycles. The van der Waals surface area contributed by atoms with Gasteiger partial charge in [-0.1, -0.05) is 11.8 Å². The first kappa shape index (κ1) is 13.5. The van der Waals surface area contributed by atoms with Crippen LogP contribution in [0.5, 0.6) is 0 Å². The van der Waals surface area contributed by atoms with Crippen molar-refractivity contribution in [2.75, 3.05) is 0 Å². The molecule has 0 aliphatic heterocycles. The highest BCUT2D eigenvalue weighted by Gasteiger charge is 1.92. The van der Waals surface area contributed by atoms with Gasteiger partial charge in [0.25, 0.3) is 0 Å². The van der Waals surface area contributed by atoms with Crippen LogP contribution in [0, 0.1) is 23.7 Å². The van der Waals surface area contributed by atoms with Crippen LogP contribution in [0.2, 0.25) is 0 Å². The van der Waals surface area contributed by atoms with E-state index in [-0.39, 0.29) is 0 Å². The van der Waals surface area contributed by atoms with Crippen molar-refractivity contribution in [2.24, 2.45) is 0 Å². The largest absolute Gasteiger partial charge is 0.265 e. The average Bonchev–Trinajstić information content (AvgIpc) is 2.61. The van der Waals surface area contributed by atoms with E-state index in [1.54, 1.807) is 36.9 Å². The van der Waals surface area contributed by atoms with Gasteiger partial charge in [0.15, 0.2) is 0 Å². The lowest BCUT2D eigenvalue weighted by molar-refractivity contribution is 0.998. The van der Waals surface area contributed by atoms with Gasteiger partial charge in [0.1, 0.15) is 11.4 Å². The molecule has 0 N–H and O–H groups in total. The van der Waals surface area contributed by atoms with Crippen molar-refractivity contribution in [1.82, 2.24) is 20.2 Å².